The highest BCUT2D eigenvalue weighted by atomic mass is 32.1. The quantitative estimate of drug-likeness (QED) is 0.145. The standard InChI is InChI=1S/C16H14N2O.2C12H8N2.C9H7N.C8H8N2O.C8H8N2S.C8H6N2.C5H5N.3C4H4N2.16C2H6/c1-11-3-7-13(8-4-11)15-17-18-16(19-15)14-9-5-12(2)6-10-14;2*1-2-6-10-9(5-1)13-11-7-3-4-8-12(11)14-10;1-2-6-9-8(4-1)5-3-7-10-9;2*1-5-3-4-6(2)8-7(5)9-11-10-8;1-2-4-8-7(3-1)9-5-6-10-8;1-2-4-6-5-3-1;1-2-6-4-3-5-1;1-2-5-4-6-3-1;1-2-4-6-5-3-1;16*1-2/h3-10H,1-2H3;2*1-8H;1-7H;2*3-4H,1-2H3;1-6H;1-5H;3*1-4H;16*1-2H3. The molecule has 11 aromatic heterocycles. The van der Waals surface area contributed by atoms with Crippen LogP contribution in [0.25, 0.3) is 111 Å². The molecular formula is C122H172N20O2S. The van der Waals surface area contributed by atoms with Gasteiger partial charge in [-0.3, -0.25) is 29.9 Å². The van der Waals surface area contributed by atoms with Gasteiger partial charge in [0.2, 0.25) is 11.8 Å². The van der Waals surface area contributed by atoms with Gasteiger partial charge in [0, 0.05) is 97.1 Å². The topological polar surface area (TPSA) is 284 Å². The fourth-order valence-electron chi connectivity index (χ4n) is 10.2. The van der Waals surface area contributed by atoms with Crippen molar-refractivity contribution >= 4 is 99.9 Å². The first-order chi connectivity index (χ1) is 71.6. The minimum atomic E-state index is 0.551. The molecule has 21 aromatic rings. The van der Waals surface area contributed by atoms with E-state index in [0.717, 1.165) is 105 Å². The summed E-state index contributed by atoms with van der Waals surface area (Å²) in [5.74, 6) is 1.10. The molecule has 0 unspecified atom stereocenters. The third kappa shape index (κ3) is 58.8. The first-order valence-corrected chi connectivity index (χ1v) is 52.3. The van der Waals surface area contributed by atoms with Gasteiger partial charge in [-0.15, -0.1) is 10.2 Å². The minimum Gasteiger partial charge on any atom is -0.416 e. The van der Waals surface area contributed by atoms with Gasteiger partial charge in [-0.05, 0) is 202 Å². The van der Waals surface area contributed by atoms with Gasteiger partial charge in [0.1, 0.15) is 28.4 Å². The van der Waals surface area contributed by atoms with Gasteiger partial charge in [0.25, 0.3) is 0 Å². The normalized spacial score (nSPS) is 8.48. The third-order valence-corrected chi connectivity index (χ3v) is 16.6. The number of aromatic nitrogens is 20. The SMILES string of the molecule is CC.CC.CC.CC.CC.CC.CC.CC.CC.CC.CC.CC.CC.CC.CC.CC.Cc1ccc(-c2nnc(-c3ccc(C)cc3)o2)cc1.Cc1ccc(C)c2nonc12.Cc1ccc(C)c2nsnc12.c1ccc2nc3ccccc3nc2c1.c1ccc2nc3ccccc3nc2c1.c1ccc2ncccc2c1.c1ccc2nccnc2c1.c1ccncc1.c1ccnnc1.c1cnccn1.c1cncnc1. The van der Waals surface area contributed by atoms with Gasteiger partial charge < -0.3 is 4.42 Å². The number of aryl methyl sites for hydroxylation is 6. The summed E-state index contributed by atoms with van der Waals surface area (Å²) >= 11 is 1.28. The number of benzene rings is 10. The second-order valence-electron chi connectivity index (χ2n) is 24.3. The molecule has 23 heteroatoms. The van der Waals surface area contributed by atoms with Gasteiger partial charge >= 0.3 is 0 Å². The summed E-state index contributed by atoms with van der Waals surface area (Å²) in [6.45, 7) is 76.2. The molecule has 0 fully saturated rings. The number of fused-ring (bicyclic) bond motifs is 8. The molecule has 0 spiro atoms. The highest BCUT2D eigenvalue weighted by molar-refractivity contribution is 7.00. The molecule has 0 aliphatic carbocycles. The van der Waals surface area contributed by atoms with Gasteiger partial charge in [0.15, 0.2) is 0 Å². The Morgan fingerprint density at radius 2 is 0.455 bits per heavy atom. The van der Waals surface area contributed by atoms with E-state index < -0.39 is 0 Å². The summed E-state index contributed by atoms with van der Waals surface area (Å²) in [6.07, 6.45) is 23.4. The molecule has 11 heterocycles. The smallest absolute Gasteiger partial charge is 0.248 e. The lowest BCUT2D eigenvalue weighted by Crippen LogP contribution is -1.85. The van der Waals surface area contributed by atoms with Crippen LogP contribution in [-0.2, 0) is 0 Å². The summed E-state index contributed by atoms with van der Waals surface area (Å²) < 4.78 is 18.8. The molecule has 0 amide bonds. The van der Waals surface area contributed by atoms with Crippen molar-refractivity contribution in [3.8, 4) is 22.9 Å². The van der Waals surface area contributed by atoms with E-state index in [4.69, 9.17) is 4.42 Å². The van der Waals surface area contributed by atoms with Crippen LogP contribution in [0.2, 0.25) is 0 Å². The monoisotopic (exact) mass is 1980 g/mol. The Morgan fingerprint density at radius 1 is 0.200 bits per heavy atom. The number of hydrogen-bond donors (Lipinski definition) is 0. The van der Waals surface area contributed by atoms with Crippen molar-refractivity contribution < 1.29 is 9.05 Å². The van der Waals surface area contributed by atoms with Gasteiger partial charge in [-0.2, -0.15) is 18.9 Å². The predicted octanol–water partition coefficient (Wildman–Crippen LogP) is 36.5. The molecule has 0 aliphatic heterocycles. The Balaban J connectivity index is -0.000000361. The first-order valence-electron chi connectivity index (χ1n) is 51.6. The lowest BCUT2D eigenvalue weighted by Gasteiger charge is -1.98. The van der Waals surface area contributed by atoms with Crippen molar-refractivity contribution in [1.82, 2.24) is 99.3 Å². The van der Waals surface area contributed by atoms with E-state index in [0.29, 0.717) is 11.8 Å². The average molecular weight is 1980 g/mol. The molecule has 0 radical (unpaired) electrons. The summed E-state index contributed by atoms with van der Waals surface area (Å²) in [5.41, 5.74) is 23.3. The number of hydrogen-bond acceptors (Lipinski definition) is 23. The molecule has 0 aliphatic rings. The molecule has 145 heavy (non-hydrogen) atoms. The van der Waals surface area contributed by atoms with Crippen molar-refractivity contribution in [1.29, 1.82) is 0 Å². The predicted molar refractivity (Wildman–Crippen MR) is 630 cm³/mol. The number of nitrogens with zero attached hydrogens (tertiary/aromatic N) is 20. The van der Waals surface area contributed by atoms with E-state index in [2.05, 4.69) is 156 Å². The number of pyridine rings is 2. The Labute approximate surface area is 875 Å². The van der Waals surface area contributed by atoms with Crippen LogP contribution in [0.15, 0.2) is 363 Å². The number of para-hydroxylation sites is 11. The van der Waals surface area contributed by atoms with Gasteiger partial charge in [-0.25, -0.2) is 34.5 Å². The Morgan fingerprint density at radius 3 is 0.703 bits per heavy atom. The van der Waals surface area contributed by atoms with Gasteiger partial charge in [0.05, 0.1) is 72.4 Å². The fourth-order valence-corrected chi connectivity index (χ4v) is 10.9. The third-order valence-electron chi connectivity index (χ3n) is 16.0. The van der Waals surface area contributed by atoms with Crippen molar-refractivity contribution in [3.63, 3.8) is 0 Å². The maximum atomic E-state index is 5.71. The first kappa shape index (κ1) is 141. The van der Waals surface area contributed by atoms with Crippen LogP contribution in [0.4, 0.5) is 0 Å². The largest absolute Gasteiger partial charge is 0.416 e. The highest BCUT2D eigenvalue weighted by Gasteiger charge is 2.11. The van der Waals surface area contributed by atoms with Gasteiger partial charge in [-0.1, -0.05) is 372 Å². The average Bonchev–Trinajstić information content (AvgIpc) is 1.77. The minimum absolute atomic E-state index is 0.551. The molecular weight excluding hydrogens is 1810 g/mol. The van der Waals surface area contributed by atoms with Crippen molar-refractivity contribution in [2.45, 2.75) is 263 Å². The van der Waals surface area contributed by atoms with Crippen LogP contribution in [0.5, 0.6) is 0 Å². The van der Waals surface area contributed by atoms with Crippen LogP contribution in [0.3, 0.4) is 0 Å². The zero-order valence-corrected chi connectivity index (χ0v) is 95.5. The highest BCUT2D eigenvalue weighted by Crippen LogP contribution is 2.26. The van der Waals surface area contributed by atoms with Crippen LogP contribution in [0, 0.1) is 41.5 Å². The van der Waals surface area contributed by atoms with Crippen LogP contribution in [0.1, 0.15) is 255 Å². The van der Waals surface area contributed by atoms with Crippen molar-refractivity contribution in [2.24, 2.45) is 0 Å². The summed E-state index contributed by atoms with van der Waals surface area (Å²) in [7, 11) is 0. The molecule has 10 aromatic carbocycles. The fraction of sp³-hybridized carbons (Fsp3) is 0.311. The lowest BCUT2D eigenvalue weighted by molar-refractivity contribution is 0.315. The Bertz CT molecular complexity index is 5360. The maximum Gasteiger partial charge on any atom is 0.248 e. The van der Waals surface area contributed by atoms with E-state index in [-0.39, 0.29) is 0 Å². The maximum absolute atomic E-state index is 5.71. The van der Waals surface area contributed by atoms with E-state index in [1.54, 1.807) is 80.4 Å². The molecule has 0 saturated heterocycles. The Kier molecular flexibility index (Phi) is 98.7. The summed E-state index contributed by atoms with van der Waals surface area (Å²) in [4.78, 5) is 49.1. The lowest BCUT2D eigenvalue weighted by atomic mass is 10.1. The summed E-state index contributed by atoms with van der Waals surface area (Å²) in [5, 5.41) is 24.1. The van der Waals surface area contributed by atoms with E-state index in [1.807, 2.05) is 478 Å². The molecule has 0 atom stereocenters. The molecule has 22 nitrogen and oxygen atoms in total. The second-order valence-corrected chi connectivity index (χ2v) is 24.9. The molecule has 0 saturated carbocycles. The zero-order chi connectivity index (χ0) is 110. The summed E-state index contributed by atoms with van der Waals surface area (Å²) in [6, 6.07) is 87.0. The van der Waals surface area contributed by atoms with E-state index >= 15 is 0 Å². The van der Waals surface area contributed by atoms with Crippen molar-refractivity contribution in [2.75, 3.05) is 0 Å². The van der Waals surface area contributed by atoms with E-state index in [1.165, 1.54) is 45.7 Å². The Hall–Kier alpha value is -15.1. The van der Waals surface area contributed by atoms with Crippen molar-refractivity contribution in [3.05, 3.63) is 387 Å². The molecule has 21 rings (SSSR count). The second kappa shape index (κ2) is 102. The molecule has 0 N–H and O–H groups in total. The number of rotatable bonds is 2. The van der Waals surface area contributed by atoms with Crippen LogP contribution < -0.4 is 0 Å². The van der Waals surface area contributed by atoms with Crippen LogP contribution >= 0.6 is 11.7 Å². The molecule has 0 bridgehead atoms. The van der Waals surface area contributed by atoms with Crippen LogP contribution in [-0.4, -0.2) is 99.3 Å². The molecule has 778 valence electrons. The zero-order valence-electron chi connectivity index (χ0n) is 94.7. The van der Waals surface area contributed by atoms with E-state index in [9.17, 15) is 0 Å².